The first-order valence-electron chi connectivity index (χ1n) is 12.7. The number of carbonyl (C=O) groups is 2. The van der Waals surface area contributed by atoms with Gasteiger partial charge in [0.1, 0.15) is 5.82 Å². The third-order valence-electron chi connectivity index (χ3n) is 6.15. The van der Waals surface area contributed by atoms with E-state index in [0.29, 0.717) is 12.0 Å². The normalized spacial score (nSPS) is 13.9. The van der Waals surface area contributed by atoms with Crippen LogP contribution in [-0.2, 0) is 36.2 Å². The number of rotatable bonds is 10. The van der Waals surface area contributed by atoms with Crippen LogP contribution in [0.5, 0.6) is 0 Å². The van der Waals surface area contributed by atoms with E-state index < -0.39 is 27.2 Å². The number of nitrogens with one attached hydrogen (secondary N) is 2. The number of esters is 1. The van der Waals surface area contributed by atoms with Crippen LogP contribution in [0.3, 0.4) is 0 Å². The number of sulfonamides is 1. The van der Waals surface area contributed by atoms with Crippen molar-refractivity contribution in [1.82, 2.24) is 5.32 Å². The van der Waals surface area contributed by atoms with Gasteiger partial charge >= 0.3 is 5.97 Å². The lowest BCUT2D eigenvalue weighted by atomic mass is 9.86. The van der Waals surface area contributed by atoms with Crippen LogP contribution in [0.15, 0.2) is 42.5 Å². The van der Waals surface area contributed by atoms with Gasteiger partial charge in [0.05, 0.1) is 29.9 Å². The van der Waals surface area contributed by atoms with E-state index in [2.05, 4.69) is 55.1 Å². The van der Waals surface area contributed by atoms with E-state index in [1.54, 1.807) is 27.7 Å². The van der Waals surface area contributed by atoms with Gasteiger partial charge in [-0.15, -0.1) is 0 Å². The lowest BCUT2D eigenvalue weighted by Crippen LogP contribution is -2.36. The Morgan fingerprint density at radius 3 is 2.11 bits per heavy atom. The van der Waals surface area contributed by atoms with Crippen LogP contribution >= 0.6 is 0 Å². The SMILES string of the molecule is C[C@@H](C(=O)NC[C@@H](COC(=O)C(C)(C)C)Cc1ccc(C(C)(C)C)cc1)c1ccc(NS(C)(=O)=O)c(F)c1. The first kappa shape index (κ1) is 31.3. The summed E-state index contributed by atoms with van der Waals surface area (Å²) in [5, 5.41) is 2.91. The van der Waals surface area contributed by atoms with E-state index in [1.807, 2.05) is 0 Å². The Balaban J connectivity index is 2.12. The molecule has 0 radical (unpaired) electrons. The van der Waals surface area contributed by atoms with Gasteiger partial charge in [-0.25, -0.2) is 12.8 Å². The monoisotopic (exact) mass is 548 g/mol. The van der Waals surface area contributed by atoms with Gasteiger partial charge in [-0.2, -0.15) is 0 Å². The standard InChI is InChI=1S/C29H41FN2O5S/c1-19(22-11-14-25(24(30)16-22)32-38(8,35)36)26(33)31-17-21(18-37-27(34)29(5,6)7)15-20-9-12-23(13-10-20)28(2,3)4/h9-14,16,19,21,32H,15,17-18H2,1-8H3,(H,31,33)/t19-,21+/m1/s1. The quantitative estimate of drug-likeness (QED) is 0.399. The zero-order valence-corrected chi connectivity index (χ0v) is 24.5. The highest BCUT2D eigenvalue weighted by atomic mass is 32.2. The number of anilines is 1. The summed E-state index contributed by atoms with van der Waals surface area (Å²) in [6, 6.07) is 12.2. The molecule has 0 saturated carbocycles. The van der Waals surface area contributed by atoms with Crippen molar-refractivity contribution in [3.05, 3.63) is 65.0 Å². The van der Waals surface area contributed by atoms with Gasteiger partial charge in [0.25, 0.3) is 0 Å². The molecule has 0 aliphatic rings. The van der Waals surface area contributed by atoms with Crippen LogP contribution < -0.4 is 10.0 Å². The minimum atomic E-state index is -3.63. The first-order valence-corrected chi connectivity index (χ1v) is 14.6. The largest absolute Gasteiger partial charge is 0.465 e. The van der Waals surface area contributed by atoms with E-state index in [1.165, 1.54) is 17.7 Å². The van der Waals surface area contributed by atoms with Crippen molar-refractivity contribution < 1.29 is 27.1 Å². The molecule has 0 fully saturated rings. The highest BCUT2D eigenvalue weighted by Crippen LogP contribution is 2.25. The molecule has 210 valence electrons. The molecule has 0 saturated heterocycles. The average molecular weight is 549 g/mol. The Hall–Kier alpha value is -2.94. The highest BCUT2D eigenvalue weighted by molar-refractivity contribution is 7.92. The molecule has 0 unspecified atom stereocenters. The smallest absolute Gasteiger partial charge is 0.311 e. The molecule has 2 N–H and O–H groups in total. The second kappa shape index (κ2) is 12.3. The Kier molecular flexibility index (Phi) is 10.1. The molecule has 2 aromatic rings. The van der Waals surface area contributed by atoms with Gasteiger partial charge in [0, 0.05) is 12.5 Å². The van der Waals surface area contributed by atoms with E-state index in [-0.39, 0.29) is 42.0 Å². The maximum atomic E-state index is 14.4. The molecule has 9 heteroatoms. The first-order chi connectivity index (χ1) is 17.4. The van der Waals surface area contributed by atoms with E-state index in [0.717, 1.165) is 17.9 Å². The van der Waals surface area contributed by atoms with Crippen LogP contribution in [0.1, 0.15) is 71.1 Å². The third kappa shape index (κ3) is 9.74. The Morgan fingerprint density at radius 2 is 1.61 bits per heavy atom. The van der Waals surface area contributed by atoms with E-state index in [9.17, 15) is 22.4 Å². The van der Waals surface area contributed by atoms with Crippen molar-refractivity contribution >= 4 is 27.6 Å². The van der Waals surface area contributed by atoms with Gasteiger partial charge in [-0.1, -0.05) is 51.1 Å². The molecule has 1 amide bonds. The topological polar surface area (TPSA) is 102 Å². The molecule has 0 aromatic heterocycles. The van der Waals surface area contributed by atoms with Crippen LogP contribution in [0.4, 0.5) is 10.1 Å². The summed E-state index contributed by atoms with van der Waals surface area (Å²) in [5.74, 6) is -2.25. The fourth-order valence-corrected chi connectivity index (χ4v) is 4.27. The lowest BCUT2D eigenvalue weighted by Gasteiger charge is -2.23. The summed E-state index contributed by atoms with van der Waals surface area (Å²) in [4.78, 5) is 25.3. The molecule has 0 spiro atoms. The van der Waals surface area contributed by atoms with Crippen molar-refractivity contribution in [2.45, 2.75) is 66.2 Å². The number of halogens is 1. The third-order valence-corrected chi connectivity index (χ3v) is 6.74. The molecule has 2 atom stereocenters. The summed E-state index contributed by atoms with van der Waals surface area (Å²) in [7, 11) is -3.63. The minimum Gasteiger partial charge on any atom is -0.465 e. The lowest BCUT2D eigenvalue weighted by molar-refractivity contribution is -0.154. The van der Waals surface area contributed by atoms with Crippen LogP contribution in [0.2, 0.25) is 0 Å². The van der Waals surface area contributed by atoms with Crippen LogP contribution in [-0.4, -0.2) is 39.7 Å². The second-order valence-corrected chi connectivity index (χ2v) is 13.7. The Labute approximate surface area is 226 Å². The molecule has 0 aliphatic carbocycles. The molecule has 0 aliphatic heterocycles. The number of ether oxygens (including phenoxy) is 1. The molecule has 38 heavy (non-hydrogen) atoms. The van der Waals surface area contributed by atoms with E-state index >= 15 is 0 Å². The minimum absolute atomic E-state index is 0.0306. The zero-order chi connectivity index (χ0) is 28.9. The molecular formula is C29H41FN2O5S. The fourth-order valence-electron chi connectivity index (χ4n) is 3.71. The van der Waals surface area contributed by atoms with Gasteiger partial charge in [0.15, 0.2) is 0 Å². The number of carbonyl (C=O) groups excluding carboxylic acids is 2. The van der Waals surface area contributed by atoms with Crippen molar-refractivity contribution in [1.29, 1.82) is 0 Å². The summed E-state index contributed by atoms with van der Waals surface area (Å²) >= 11 is 0. The van der Waals surface area contributed by atoms with Gasteiger partial charge in [0.2, 0.25) is 15.9 Å². The van der Waals surface area contributed by atoms with E-state index in [4.69, 9.17) is 4.74 Å². The van der Waals surface area contributed by atoms with Crippen molar-refractivity contribution in [2.24, 2.45) is 11.3 Å². The molecular weight excluding hydrogens is 507 g/mol. The van der Waals surface area contributed by atoms with Crippen LogP contribution in [0, 0.1) is 17.2 Å². The number of benzene rings is 2. The predicted molar refractivity (Wildman–Crippen MR) is 149 cm³/mol. The molecule has 0 bridgehead atoms. The van der Waals surface area contributed by atoms with Crippen LogP contribution in [0.25, 0.3) is 0 Å². The molecule has 0 heterocycles. The molecule has 2 rings (SSSR count). The highest BCUT2D eigenvalue weighted by Gasteiger charge is 2.25. The maximum absolute atomic E-state index is 14.4. The van der Waals surface area contributed by atoms with Crippen molar-refractivity contribution in [3.8, 4) is 0 Å². The van der Waals surface area contributed by atoms with Crippen molar-refractivity contribution in [2.75, 3.05) is 24.1 Å². The van der Waals surface area contributed by atoms with Gasteiger partial charge < -0.3 is 10.1 Å². The second-order valence-electron chi connectivity index (χ2n) is 11.9. The van der Waals surface area contributed by atoms with Crippen molar-refractivity contribution in [3.63, 3.8) is 0 Å². The fraction of sp³-hybridized carbons (Fsp3) is 0.517. The predicted octanol–water partition coefficient (Wildman–Crippen LogP) is 5.16. The van der Waals surface area contributed by atoms with Gasteiger partial charge in [-0.3, -0.25) is 14.3 Å². The number of hydrogen-bond acceptors (Lipinski definition) is 5. The summed E-state index contributed by atoms with van der Waals surface area (Å²) in [6.07, 6.45) is 1.53. The average Bonchev–Trinajstić information content (AvgIpc) is 2.79. The Morgan fingerprint density at radius 1 is 1.00 bits per heavy atom. The number of hydrogen-bond donors (Lipinski definition) is 2. The molecule has 2 aromatic carbocycles. The Bertz CT molecular complexity index is 1230. The summed E-state index contributed by atoms with van der Waals surface area (Å²) in [6.45, 7) is 13.9. The summed E-state index contributed by atoms with van der Waals surface area (Å²) < 4.78 is 44.9. The number of amides is 1. The maximum Gasteiger partial charge on any atom is 0.311 e. The zero-order valence-electron chi connectivity index (χ0n) is 23.6. The van der Waals surface area contributed by atoms with Gasteiger partial charge in [-0.05, 0) is 68.4 Å². The summed E-state index contributed by atoms with van der Waals surface area (Å²) in [5.41, 5.74) is 1.90. The molecule has 7 nitrogen and oxygen atoms in total.